The highest BCUT2D eigenvalue weighted by Gasteiger charge is 1.98. The second kappa shape index (κ2) is 11.2. The molecule has 0 radical (unpaired) electrons. The third kappa shape index (κ3) is 12.3. The van der Waals surface area contributed by atoms with E-state index in [0.29, 0.717) is 21.7 Å². The van der Waals surface area contributed by atoms with E-state index in [1.165, 1.54) is 4.31 Å². The summed E-state index contributed by atoms with van der Waals surface area (Å²) in [7, 11) is 0. The van der Waals surface area contributed by atoms with Crippen LogP contribution in [-0.4, -0.2) is 26.0 Å². The lowest BCUT2D eigenvalue weighted by molar-refractivity contribution is 0.678. The van der Waals surface area contributed by atoms with Gasteiger partial charge in [-0.25, -0.2) is 0 Å². The molecular formula is C10H14N2S5. The molecule has 0 aliphatic heterocycles. The van der Waals surface area contributed by atoms with Crippen molar-refractivity contribution >= 4 is 71.1 Å². The molecule has 1 N–H and O–H groups in total. The van der Waals surface area contributed by atoms with Gasteiger partial charge < -0.3 is 9.62 Å². The first-order valence-corrected chi connectivity index (χ1v) is 6.81. The Hall–Kier alpha value is 0.0500. The quantitative estimate of drug-likeness (QED) is 0.505. The Balaban J connectivity index is 0.000000354. The van der Waals surface area contributed by atoms with E-state index in [0.717, 1.165) is 0 Å². The Morgan fingerprint density at radius 3 is 1.71 bits per heavy atom. The minimum absolute atomic E-state index is 0.445. The smallest absolute Gasteiger partial charge is 0.143 e. The minimum Gasteiger partial charge on any atom is -0.369 e. The number of hydrogen-bond donors (Lipinski definition) is 4. The molecule has 1 aromatic rings. The van der Waals surface area contributed by atoms with Gasteiger partial charge in [0.25, 0.3) is 0 Å². The third-order valence-corrected chi connectivity index (χ3v) is 2.94. The molecule has 17 heavy (non-hydrogen) atoms. The lowest BCUT2D eigenvalue weighted by atomic mass is 10.4. The zero-order valence-corrected chi connectivity index (χ0v) is 13.3. The Bertz CT molecular complexity index is 304. The first-order valence-electron chi connectivity index (χ1n) is 4.70. The molecule has 0 aliphatic rings. The summed E-state index contributed by atoms with van der Waals surface area (Å²) in [5, 5.41) is 2.84. The van der Waals surface area contributed by atoms with Crippen molar-refractivity contribution in [2.24, 2.45) is 0 Å². The van der Waals surface area contributed by atoms with Crippen LogP contribution in [0.15, 0.2) is 36.4 Å². The molecule has 0 bridgehead atoms. The SMILES string of the molecule is S=C(S)NCCN(S)C(=S)S.c1ccccc1. The van der Waals surface area contributed by atoms with E-state index in [-0.39, 0.29) is 0 Å². The molecule has 0 spiro atoms. The molecular weight excluding hydrogens is 308 g/mol. The van der Waals surface area contributed by atoms with Crippen molar-refractivity contribution in [1.82, 2.24) is 9.62 Å². The summed E-state index contributed by atoms with van der Waals surface area (Å²) in [5.74, 6) is 0. The van der Waals surface area contributed by atoms with Gasteiger partial charge in [0.1, 0.15) is 8.64 Å². The highest BCUT2D eigenvalue weighted by molar-refractivity contribution is 8.12. The highest BCUT2D eigenvalue weighted by atomic mass is 32.1. The van der Waals surface area contributed by atoms with Crippen molar-refractivity contribution in [3.63, 3.8) is 0 Å². The standard InChI is InChI=1S/C6H6.C4H8N2S5/c1-2-4-6-5-3-1;7-3(8)5-1-2-6(11)4(9)10/h1-6H;11H,1-2H2,(H,9,10)(H2,5,7,8). The van der Waals surface area contributed by atoms with E-state index in [2.05, 4.69) is 55.6 Å². The van der Waals surface area contributed by atoms with Gasteiger partial charge in [-0.3, -0.25) is 0 Å². The molecule has 0 amide bonds. The van der Waals surface area contributed by atoms with Gasteiger partial charge in [-0.15, -0.1) is 25.3 Å². The number of nitrogens with one attached hydrogen (secondary N) is 1. The topological polar surface area (TPSA) is 15.3 Å². The van der Waals surface area contributed by atoms with Crippen LogP contribution in [0.5, 0.6) is 0 Å². The van der Waals surface area contributed by atoms with Crippen molar-refractivity contribution in [1.29, 1.82) is 0 Å². The summed E-state index contributed by atoms with van der Waals surface area (Å²) in [6, 6.07) is 12.0. The lowest BCUT2D eigenvalue weighted by Crippen LogP contribution is -2.28. The summed E-state index contributed by atoms with van der Waals surface area (Å²) in [6.07, 6.45) is 0. The number of rotatable bonds is 3. The first kappa shape index (κ1) is 17.1. The van der Waals surface area contributed by atoms with Crippen molar-refractivity contribution in [2.75, 3.05) is 13.1 Å². The summed E-state index contributed by atoms with van der Waals surface area (Å²) in [4.78, 5) is 0. The van der Waals surface area contributed by atoms with Crippen molar-refractivity contribution in [2.45, 2.75) is 0 Å². The second-order valence-corrected chi connectivity index (χ2v) is 5.55. The predicted molar refractivity (Wildman–Crippen MR) is 93.3 cm³/mol. The number of thiocarbonyl (C=S) groups is 2. The maximum absolute atomic E-state index is 4.73. The average molecular weight is 323 g/mol. The molecule has 1 aromatic carbocycles. The van der Waals surface area contributed by atoms with E-state index in [1.807, 2.05) is 36.4 Å². The predicted octanol–water partition coefficient (Wildman–Crippen LogP) is 2.84. The number of nitrogens with zero attached hydrogens (tertiary/aromatic N) is 1. The third-order valence-electron chi connectivity index (χ3n) is 1.49. The molecule has 0 atom stereocenters. The molecule has 0 saturated heterocycles. The average Bonchev–Trinajstić information content (AvgIpc) is 2.31. The Kier molecular flexibility index (Phi) is 11.2. The van der Waals surface area contributed by atoms with Crippen LogP contribution in [0.1, 0.15) is 0 Å². The monoisotopic (exact) mass is 322 g/mol. The fraction of sp³-hybridized carbons (Fsp3) is 0.200. The van der Waals surface area contributed by atoms with Gasteiger partial charge in [0, 0.05) is 13.1 Å². The number of hydrogen-bond acceptors (Lipinski definition) is 3. The van der Waals surface area contributed by atoms with Gasteiger partial charge in [0.15, 0.2) is 0 Å². The Morgan fingerprint density at radius 2 is 1.41 bits per heavy atom. The summed E-state index contributed by atoms with van der Waals surface area (Å²) in [6.45, 7) is 1.30. The zero-order valence-electron chi connectivity index (χ0n) is 8.98. The Morgan fingerprint density at radius 1 is 1.00 bits per heavy atom. The van der Waals surface area contributed by atoms with Gasteiger partial charge in [-0.05, 0) is 0 Å². The van der Waals surface area contributed by atoms with Crippen LogP contribution >= 0.6 is 62.5 Å². The van der Waals surface area contributed by atoms with E-state index in [4.69, 9.17) is 12.2 Å². The fourth-order valence-electron chi connectivity index (χ4n) is 0.749. The van der Waals surface area contributed by atoms with E-state index in [1.54, 1.807) is 0 Å². The van der Waals surface area contributed by atoms with E-state index >= 15 is 0 Å². The number of benzene rings is 1. The molecule has 2 nitrogen and oxygen atoms in total. The van der Waals surface area contributed by atoms with Gasteiger partial charge in [0.2, 0.25) is 0 Å². The summed E-state index contributed by atoms with van der Waals surface area (Å²) in [5.41, 5.74) is 0. The molecule has 0 saturated carbocycles. The van der Waals surface area contributed by atoms with Crippen LogP contribution < -0.4 is 5.32 Å². The van der Waals surface area contributed by atoms with Crippen LogP contribution in [0.4, 0.5) is 0 Å². The maximum Gasteiger partial charge on any atom is 0.143 e. The van der Waals surface area contributed by atoms with Crippen LogP contribution in [0, 0.1) is 0 Å². The van der Waals surface area contributed by atoms with Crippen LogP contribution in [-0.2, 0) is 0 Å². The first-order chi connectivity index (χ1) is 8.04. The number of thiol groups is 3. The molecule has 0 fully saturated rings. The van der Waals surface area contributed by atoms with Crippen molar-refractivity contribution < 1.29 is 0 Å². The molecule has 94 valence electrons. The molecule has 7 heteroatoms. The van der Waals surface area contributed by atoms with Crippen LogP contribution in [0.25, 0.3) is 0 Å². The lowest BCUT2D eigenvalue weighted by Gasteiger charge is -2.14. The van der Waals surface area contributed by atoms with Crippen molar-refractivity contribution in [3.05, 3.63) is 36.4 Å². The van der Waals surface area contributed by atoms with Gasteiger partial charge in [-0.1, -0.05) is 73.6 Å². The minimum atomic E-state index is 0.445. The molecule has 0 aliphatic carbocycles. The van der Waals surface area contributed by atoms with E-state index < -0.39 is 0 Å². The summed E-state index contributed by atoms with van der Waals surface area (Å²) >= 11 is 21.2. The maximum atomic E-state index is 4.73. The second-order valence-electron chi connectivity index (χ2n) is 2.79. The molecule has 0 heterocycles. The highest BCUT2D eigenvalue weighted by Crippen LogP contribution is 1.98. The van der Waals surface area contributed by atoms with Gasteiger partial charge >= 0.3 is 0 Å². The largest absolute Gasteiger partial charge is 0.369 e. The summed E-state index contributed by atoms with van der Waals surface area (Å²) < 4.78 is 2.45. The van der Waals surface area contributed by atoms with Gasteiger partial charge in [-0.2, -0.15) is 0 Å². The fourth-order valence-corrected chi connectivity index (χ4v) is 1.25. The van der Waals surface area contributed by atoms with Gasteiger partial charge in [0.05, 0.1) is 0 Å². The van der Waals surface area contributed by atoms with Crippen LogP contribution in [0.2, 0.25) is 0 Å². The van der Waals surface area contributed by atoms with Crippen LogP contribution in [0.3, 0.4) is 0 Å². The van der Waals surface area contributed by atoms with E-state index in [9.17, 15) is 0 Å². The zero-order chi connectivity index (χ0) is 13.1. The molecule has 1 rings (SSSR count). The Labute approximate surface area is 130 Å². The molecule has 0 unspecified atom stereocenters. The normalized spacial score (nSPS) is 8.65. The molecule has 0 aromatic heterocycles. The van der Waals surface area contributed by atoms with Crippen molar-refractivity contribution in [3.8, 4) is 0 Å².